The maximum absolute atomic E-state index is 11.9. The van der Waals surface area contributed by atoms with Gasteiger partial charge < -0.3 is 10.4 Å². The van der Waals surface area contributed by atoms with Crippen LogP contribution in [0.2, 0.25) is 0 Å². The van der Waals surface area contributed by atoms with Crippen molar-refractivity contribution in [1.29, 1.82) is 0 Å². The molecule has 0 bridgehead atoms. The Kier molecular flexibility index (Phi) is 4.94. The first-order chi connectivity index (χ1) is 8.60. The Labute approximate surface area is 106 Å². The van der Waals surface area contributed by atoms with Crippen molar-refractivity contribution in [3.63, 3.8) is 0 Å². The lowest BCUT2D eigenvalue weighted by atomic mass is 10.1. The van der Waals surface area contributed by atoms with Crippen molar-refractivity contribution in [2.45, 2.75) is 25.8 Å². The van der Waals surface area contributed by atoms with Crippen LogP contribution >= 0.6 is 0 Å². The molecule has 0 heterocycles. The summed E-state index contributed by atoms with van der Waals surface area (Å²) in [6.45, 7) is 1.96. The van der Waals surface area contributed by atoms with Crippen molar-refractivity contribution < 1.29 is 14.7 Å². The molecule has 1 atom stereocenters. The number of nitrogens with one attached hydrogen (secondary N) is 1. The van der Waals surface area contributed by atoms with Gasteiger partial charge in [-0.05, 0) is 18.6 Å². The zero-order valence-corrected chi connectivity index (χ0v) is 10.1. The van der Waals surface area contributed by atoms with Gasteiger partial charge in [-0.15, -0.1) is 6.42 Å². The van der Waals surface area contributed by atoms with Gasteiger partial charge in [-0.2, -0.15) is 0 Å². The van der Waals surface area contributed by atoms with Crippen LogP contribution in [0, 0.1) is 12.3 Å². The van der Waals surface area contributed by atoms with Crippen LogP contribution in [-0.2, 0) is 0 Å². The van der Waals surface area contributed by atoms with E-state index in [0.29, 0.717) is 6.42 Å². The fraction of sp³-hybridized carbons (Fsp3) is 0.286. The minimum atomic E-state index is -1.13. The first kappa shape index (κ1) is 13.8. The molecule has 94 valence electrons. The lowest BCUT2D eigenvalue weighted by Gasteiger charge is -2.13. The number of hydrogen-bond donors (Lipinski definition) is 2. The number of hydrogen-bond acceptors (Lipinski definition) is 2. The fourth-order valence-corrected chi connectivity index (χ4v) is 1.59. The Bertz CT molecular complexity index is 488. The van der Waals surface area contributed by atoms with Gasteiger partial charge in [-0.3, -0.25) is 4.79 Å². The zero-order chi connectivity index (χ0) is 13.5. The van der Waals surface area contributed by atoms with E-state index in [1.165, 1.54) is 12.1 Å². The molecule has 0 saturated carbocycles. The third-order valence-corrected chi connectivity index (χ3v) is 2.49. The summed E-state index contributed by atoms with van der Waals surface area (Å²) in [5, 5.41) is 11.6. The van der Waals surface area contributed by atoms with Crippen molar-refractivity contribution in [1.82, 2.24) is 5.32 Å². The molecule has 0 aliphatic heterocycles. The highest BCUT2D eigenvalue weighted by atomic mass is 16.4. The van der Waals surface area contributed by atoms with Crippen molar-refractivity contribution in [3.05, 3.63) is 35.4 Å². The highest BCUT2D eigenvalue weighted by molar-refractivity contribution is 6.04. The summed E-state index contributed by atoms with van der Waals surface area (Å²) in [7, 11) is 0. The lowest BCUT2D eigenvalue weighted by molar-refractivity contribution is 0.0690. The van der Waals surface area contributed by atoms with Gasteiger partial charge in [0, 0.05) is 0 Å². The molecule has 2 N–H and O–H groups in total. The zero-order valence-electron chi connectivity index (χ0n) is 10.1. The number of benzene rings is 1. The number of carboxylic acid groups (broad SMARTS) is 1. The van der Waals surface area contributed by atoms with Crippen LogP contribution in [0.15, 0.2) is 24.3 Å². The first-order valence-corrected chi connectivity index (χ1v) is 5.69. The molecule has 18 heavy (non-hydrogen) atoms. The van der Waals surface area contributed by atoms with E-state index in [1.54, 1.807) is 12.1 Å². The fourth-order valence-electron chi connectivity index (χ4n) is 1.59. The molecule has 0 spiro atoms. The smallest absolute Gasteiger partial charge is 0.336 e. The second kappa shape index (κ2) is 6.45. The Morgan fingerprint density at radius 2 is 2.00 bits per heavy atom. The standard InChI is InChI=1S/C14H15NO3/c1-3-7-10(4-2)15-13(16)11-8-5-6-9-12(11)14(17)18/h2,5-6,8-10H,3,7H2,1H3,(H,15,16)(H,17,18). The number of amides is 1. The second-order valence-electron chi connectivity index (χ2n) is 3.83. The third-order valence-electron chi connectivity index (χ3n) is 2.49. The normalized spacial score (nSPS) is 11.3. The van der Waals surface area contributed by atoms with Gasteiger partial charge in [-0.1, -0.05) is 31.4 Å². The summed E-state index contributed by atoms with van der Waals surface area (Å²) >= 11 is 0. The third kappa shape index (κ3) is 3.36. The van der Waals surface area contributed by atoms with E-state index in [4.69, 9.17) is 11.5 Å². The summed E-state index contributed by atoms with van der Waals surface area (Å²) in [6.07, 6.45) is 6.81. The molecule has 1 aromatic carbocycles. The molecule has 0 aromatic heterocycles. The number of terminal acetylenes is 1. The number of rotatable bonds is 5. The molecule has 0 aliphatic rings. The monoisotopic (exact) mass is 245 g/mol. The van der Waals surface area contributed by atoms with Crippen LogP contribution in [0.25, 0.3) is 0 Å². The van der Waals surface area contributed by atoms with Crippen molar-refractivity contribution in [2.75, 3.05) is 0 Å². The van der Waals surface area contributed by atoms with E-state index < -0.39 is 11.9 Å². The molecule has 4 nitrogen and oxygen atoms in total. The molecule has 1 amide bonds. The summed E-state index contributed by atoms with van der Waals surface area (Å²) in [6, 6.07) is 5.68. The van der Waals surface area contributed by atoms with E-state index in [-0.39, 0.29) is 17.2 Å². The Morgan fingerprint density at radius 3 is 2.50 bits per heavy atom. The molecule has 1 unspecified atom stereocenters. The quantitative estimate of drug-likeness (QED) is 0.779. The van der Waals surface area contributed by atoms with E-state index in [1.807, 2.05) is 6.92 Å². The Balaban J connectivity index is 2.91. The van der Waals surface area contributed by atoms with Gasteiger partial charge in [0.1, 0.15) is 0 Å². The van der Waals surface area contributed by atoms with Gasteiger partial charge in [0.05, 0.1) is 17.2 Å². The highest BCUT2D eigenvalue weighted by Gasteiger charge is 2.17. The predicted octanol–water partition coefficient (Wildman–Crippen LogP) is 1.92. The van der Waals surface area contributed by atoms with Crippen LogP contribution < -0.4 is 5.32 Å². The topological polar surface area (TPSA) is 66.4 Å². The van der Waals surface area contributed by atoms with Crippen molar-refractivity contribution >= 4 is 11.9 Å². The van der Waals surface area contributed by atoms with E-state index in [9.17, 15) is 9.59 Å². The Hall–Kier alpha value is -2.28. The Morgan fingerprint density at radius 1 is 1.39 bits per heavy atom. The minimum Gasteiger partial charge on any atom is -0.478 e. The predicted molar refractivity (Wildman–Crippen MR) is 68.4 cm³/mol. The molecule has 1 rings (SSSR count). The number of aromatic carboxylic acids is 1. The average Bonchev–Trinajstić information content (AvgIpc) is 2.38. The van der Waals surface area contributed by atoms with Crippen LogP contribution in [0.4, 0.5) is 0 Å². The molecule has 0 radical (unpaired) electrons. The number of carbonyl (C=O) groups excluding carboxylic acids is 1. The van der Waals surface area contributed by atoms with Gasteiger partial charge >= 0.3 is 5.97 Å². The molecule has 0 aliphatic carbocycles. The van der Waals surface area contributed by atoms with Crippen LogP contribution in [0.1, 0.15) is 40.5 Å². The van der Waals surface area contributed by atoms with E-state index in [2.05, 4.69) is 11.2 Å². The van der Waals surface area contributed by atoms with E-state index in [0.717, 1.165) is 6.42 Å². The lowest BCUT2D eigenvalue weighted by Crippen LogP contribution is -2.34. The van der Waals surface area contributed by atoms with Crippen molar-refractivity contribution in [2.24, 2.45) is 0 Å². The average molecular weight is 245 g/mol. The number of carbonyl (C=O) groups is 2. The maximum Gasteiger partial charge on any atom is 0.336 e. The van der Waals surface area contributed by atoms with E-state index >= 15 is 0 Å². The highest BCUT2D eigenvalue weighted by Crippen LogP contribution is 2.09. The van der Waals surface area contributed by atoms with Crippen LogP contribution in [0.3, 0.4) is 0 Å². The van der Waals surface area contributed by atoms with Gasteiger partial charge in [0.2, 0.25) is 0 Å². The van der Waals surface area contributed by atoms with Crippen LogP contribution in [-0.4, -0.2) is 23.0 Å². The molecule has 1 aromatic rings. The first-order valence-electron chi connectivity index (χ1n) is 5.69. The minimum absolute atomic E-state index is 0.0257. The van der Waals surface area contributed by atoms with Gasteiger partial charge in [0.15, 0.2) is 0 Å². The molecular formula is C14H15NO3. The second-order valence-corrected chi connectivity index (χ2v) is 3.83. The summed E-state index contributed by atoms with van der Waals surface area (Å²) in [5.74, 6) is 0.888. The summed E-state index contributed by atoms with van der Waals surface area (Å²) in [4.78, 5) is 22.9. The van der Waals surface area contributed by atoms with Crippen molar-refractivity contribution in [3.8, 4) is 12.3 Å². The molecule has 4 heteroatoms. The molecular weight excluding hydrogens is 230 g/mol. The summed E-state index contributed by atoms with van der Waals surface area (Å²) in [5.41, 5.74) is 0.101. The van der Waals surface area contributed by atoms with Crippen LogP contribution in [0.5, 0.6) is 0 Å². The number of carboxylic acids is 1. The SMILES string of the molecule is C#CC(CCC)NC(=O)c1ccccc1C(=O)O. The summed E-state index contributed by atoms with van der Waals surface area (Å²) < 4.78 is 0. The van der Waals surface area contributed by atoms with Gasteiger partial charge in [0.25, 0.3) is 5.91 Å². The van der Waals surface area contributed by atoms with Gasteiger partial charge in [-0.25, -0.2) is 4.79 Å². The molecule has 0 saturated heterocycles. The molecule has 0 fully saturated rings. The largest absolute Gasteiger partial charge is 0.478 e. The maximum atomic E-state index is 11.9.